The van der Waals surface area contributed by atoms with E-state index in [9.17, 15) is 5.11 Å². The second-order valence-corrected chi connectivity index (χ2v) is 4.70. The van der Waals surface area contributed by atoms with Crippen molar-refractivity contribution in [3.63, 3.8) is 0 Å². The molecule has 1 N–H and O–H groups in total. The summed E-state index contributed by atoms with van der Waals surface area (Å²) in [4.78, 5) is 4.42. The quantitative estimate of drug-likeness (QED) is 0.679. The molecule has 0 spiro atoms. The fourth-order valence-corrected chi connectivity index (χ4v) is 2.00. The van der Waals surface area contributed by atoms with Gasteiger partial charge in [0.15, 0.2) is 5.75 Å². The number of benzene rings is 3. The van der Waals surface area contributed by atoms with Crippen molar-refractivity contribution in [1.29, 1.82) is 0 Å². The van der Waals surface area contributed by atoms with Crippen LogP contribution in [0.4, 0.5) is 5.69 Å². The third-order valence-electron chi connectivity index (χ3n) is 3.12. The van der Waals surface area contributed by atoms with E-state index >= 15 is 0 Å². The minimum Gasteiger partial charge on any atom is -0.507 e. The van der Waals surface area contributed by atoms with Gasteiger partial charge in [-0.25, -0.2) is 0 Å². The smallest absolute Gasteiger partial charge is 0.153 e. The summed E-state index contributed by atoms with van der Waals surface area (Å²) in [6.45, 7) is 0. The average molecular weight is 348 g/mol. The molecular formula is C19H15CoNO2. The fraction of sp³-hybridized carbons (Fsp3) is 0. The van der Waals surface area contributed by atoms with Gasteiger partial charge in [0, 0.05) is 28.6 Å². The number of aliphatic imine (C=N–C) groups is 1. The Balaban J connectivity index is 0.00000192. The third kappa shape index (κ3) is 4.45. The zero-order valence-corrected chi connectivity index (χ0v) is 13.3. The Hall–Kier alpha value is -2.56. The zero-order valence-electron chi connectivity index (χ0n) is 12.2. The van der Waals surface area contributed by atoms with E-state index in [-0.39, 0.29) is 22.5 Å². The van der Waals surface area contributed by atoms with E-state index in [1.807, 2.05) is 60.7 Å². The summed E-state index contributed by atoms with van der Waals surface area (Å²) >= 11 is 0. The van der Waals surface area contributed by atoms with E-state index in [1.54, 1.807) is 24.4 Å². The molecule has 0 saturated carbocycles. The molecule has 3 nitrogen and oxygen atoms in total. The van der Waals surface area contributed by atoms with Crippen LogP contribution in [0.25, 0.3) is 0 Å². The Morgan fingerprint density at radius 1 is 0.783 bits per heavy atom. The number of phenols is 1. The van der Waals surface area contributed by atoms with Gasteiger partial charge in [-0.05, 0) is 36.4 Å². The molecule has 1 radical (unpaired) electrons. The molecule has 0 heterocycles. The summed E-state index contributed by atoms with van der Waals surface area (Å²) in [6.07, 6.45) is 1.63. The molecule has 0 saturated heterocycles. The van der Waals surface area contributed by atoms with Crippen molar-refractivity contribution in [2.45, 2.75) is 0 Å². The van der Waals surface area contributed by atoms with Gasteiger partial charge in [-0.1, -0.05) is 42.5 Å². The van der Waals surface area contributed by atoms with Crippen molar-refractivity contribution in [2.24, 2.45) is 4.99 Å². The van der Waals surface area contributed by atoms with Gasteiger partial charge in [0.1, 0.15) is 17.2 Å². The van der Waals surface area contributed by atoms with Crippen LogP contribution in [-0.2, 0) is 16.8 Å². The van der Waals surface area contributed by atoms with Gasteiger partial charge in [0.25, 0.3) is 0 Å². The third-order valence-corrected chi connectivity index (χ3v) is 3.12. The molecule has 0 atom stereocenters. The number of hydrogen-bond donors (Lipinski definition) is 1. The predicted octanol–water partition coefficient (Wildman–Crippen LogP) is 4.93. The molecule has 0 aliphatic rings. The van der Waals surface area contributed by atoms with Gasteiger partial charge in [-0.3, -0.25) is 4.99 Å². The van der Waals surface area contributed by atoms with Crippen molar-refractivity contribution in [2.75, 3.05) is 0 Å². The van der Waals surface area contributed by atoms with Crippen LogP contribution in [0.3, 0.4) is 0 Å². The standard InChI is InChI=1S/C19H15NO2.Co/c21-18-12-6-4-8-15(18)14-20-17-11-5-7-13-19(17)22-16-9-2-1-3-10-16;/h1-14,21H;. The van der Waals surface area contributed by atoms with E-state index in [4.69, 9.17) is 4.74 Å². The first-order valence-corrected chi connectivity index (χ1v) is 6.97. The first-order chi connectivity index (χ1) is 10.8. The Morgan fingerprint density at radius 3 is 2.22 bits per heavy atom. The molecule has 0 unspecified atom stereocenters. The van der Waals surface area contributed by atoms with Gasteiger partial charge < -0.3 is 9.84 Å². The van der Waals surface area contributed by atoms with Gasteiger partial charge in [0.2, 0.25) is 0 Å². The Kier molecular flexibility index (Phi) is 5.97. The van der Waals surface area contributed by atoms with Crippen molar-refractivity contribution in [3.05, 3.63) is 84.4 Å². The molecule has 0 bridgehead atoms. The van der Waals surface area contributed by atoms with Crippen LogP contribution in [0.15, 0.2) is 83.9 Å². The monoisotopic (exact) mass is 348 g/mol. The Labute approximate surface area is 145 Å². The molecule has 0 aliphatic heterocycles. The number of hydrogen-bond acceptors (Lipinski definition) is 3. The van der Waals surface area contributed by atoms with Gasteiger partial charge in [0.05, 0.1) is 0 Å². The van der Waals surface area contributed by atoms with Crippen LogP contribution in [0.1, 0.15) is 5.56 Å². The molecular weight excluding hydrogens is 333 g/mol. The Bertz CT molecular complexity index is 788. The SMILES string of the molecule is Oc1ccccc1C=Nc1ccccc1Oc1ccccc1.[Co]. The molecule has 4 heteroatoms. The second-order valence-electron chi connectivity index (χ2n) is 4.70. The van der Waals surface area contributed by atoms with Crippen molar-refractivity contribution in [1.82, 2.24) is 0 Å². The molecule has 3 rings (SSSR count). The van der Waals surface area contributed by atoms with Crippen LogP contribution < -0.4 is 4.74 Å². The minimum atomic E-state index is 0. The van der Waals surface area contributed by atoms with Crippen LogP contribution >= 0.6 is 0 Å². The Morgan fingerprint density at radius 2 is 1.43 bits per heavy atom. The normalized spacial score (nSPS) is 10.3. The van der Waals surface area contributed by atoms with Crippen molar-refractivity contribution in [3.8, 4) is 17.2 Å². The van der Waals surface area contributed by atoms with E-state index < -0.39 is 0 Å². The molecule has 3 aromatic rings. The number of rotatable bonds is 4. The molecule has 117 valence electrons. The molecule has 0 aromatic heterocycles. The topological polar surface area (TPSA) is 41.8 Å². The summed E-state index contributed by atoms with van der Waals surface area (Å²) in [5.74, 6) is 1.63. The molecule has 0 amide bonds. The summed E-state index contributed by atoms with van der Waals surface area (Å²) in [5.41, 5.74) is 1.37. The van der Waals surface area contributed by atoms with Gasteiger partial charge in [-0.2, -0.15) is 0 Å². The maximum Gasteiger partial charge on any atom is 0.153 e. The maximum absolute atomic E-state index is 9.77. The maximum atomic E-state index is 9.77. The summed E-state index contributed by atoms with van der Waals surface area (Å²) in [7, 11) is 0. The summed E-state index contributed by atoms with van der Waals surface area (Å²) in [6, 6.07) is 24.2. The van der Waals surface area contributed by atoms with Crippen LogP contribution in [0, 0.1) is 0 Å². The number of ether oxygens (including phenoxy) is 1. The molecule has 0 fully saturated rings. The zero-order chi connectivity index (χ0) is 15.2. The molecule has 0 aliphatic carbocycles. The minimum absolute atomic E-state index is 0. The first-order valence-electron chi connectivity index (χ1n) is 6.97. The van der Waals surface area contributed by atoms with Crippen molar-refractivity contribution >= 4 is 11.9 Å². The predicted molar refractivity (Wildman–Crippen MR) is 88.3 cm³/mol. The second kappa shape index (κ2) is 8.17. The van der Waals surface area contributed by atoms with Crippen molar-refractivity contribution < 1.29 is 26.6 Å². The number of phenolic OH excluding ortho intramolecular Hbond substituents is 1. The van der Waals surface area contributed by atoms with E-state index in [1.165, 1.54) is 0 Å². The summed E-state index contributed by atoms with van der Waals surface area (Å²) < 4.78 is 5.85. The number of para-hydroxylation sites is 4. The van der Waals surface area contributed by atoms with Crippen LogP contribution in [-0.4, -0.2) is 11.3 Å². The van der Waals surface area contributed by atoms with Crippen LogP contribution in [0.5, 0.6) is 17.2 Å². The van der Waals surface area contributed by atoms with Gasteiger partial charge >= 0.3 is 0 Å². The molecule has 23 heavy (non-hydrogen) atoms. The van der Waals surface area contributed by atoms with Gasteiger partial charge in [-0.15, -0.1) is 0 Å². The average Bonchev–Trinajstić information content (AvgIpc) is 2.56. The summed E-state index contributed by atoms with van der Waals surface area (Å²) in [5, 5.41) is 9.77. The van der Waals surface area contributed by atoms with Crippen LogP contribution in [0.2, 0.25) is 0 Å². The van der Waals surface area contributed by atoms with E-state index in [2.05, 4.69) is 4.99 Å². The first kappa shape index (κ1) is 16.8. The molecule has 3 aromatic carbocycles. The number of nitrogens with zero attached hydrogens (tertiary/aromatic N) is 1. The fourth-order valence-electron chi connectivity index (χ4n) is 2.00. The van der Waals surface area contributed by atoms with E-state index in [0.717, 1.165) is 5.75 Å². The van der Waals surface area contributed by atoms with E-state index in [0.29, 0.717) is 17.0 Å². The largest absolute Gasteiger partial charge is 0.507 e. The number of aromatic hydroxyl groups is 1.